The minimum atomic E-state index is -4.34. The third-order valence-electron chi connectivity index (χ3n) is 3.03. The molecule has 0 bridgehead atoms. The summed E-state index contributed by atoms with van der Waals surface area (Å²) in [4.78, 5) is 17.5. The van der Waals surface area contributed by atoms with E-state index < -0.39 is 11.7 Å². The molecule has 0 fully saturated rings. The number of nitrogens with zero attached hydrogens (tertiary/aromatic N) is 2. The number of thioether (sulfide) groups is 1. The number of hydrogen-bond donors (Lipinski definition) is 0. The van der Waals surface area contributed by atoms with Gasteiger partial charge in [-0.1, -0.05) is 36.9 Å². The topological polar surface area (TPSA) is 32.7 Å². The van der Waals surface area contributed by atoms with E-state index in [4.69, 9.17) is 0 Å². The number of hydrogen-bond acceptors (Lipinski definition) is 3. The number of benzene rings is 1. The number of alkyl halides is 3. The highest BCUT2D eigenvalue weighted by Crippen LogP contribution is 2.30. The molecule has 0 N–H and O–H groups in total. The van der Waals surface area contributed by atoms with E-state index in [-0.39, 0.29) is 5.91 Å². The lowest BCUT2D eigenvalue weighted by Crippen LogP contribution is -2.32. The lowest BCUT2D eigenvalue weighted by Gasteiger charge is -2.17. The molecule has 21 heavy (non-hydrogen) atoms. The van der Waals surface area contributed by atoms with Crippen molar-refractivity contribution in [3.05, 3.63) is 35.4 Å². The van der Waals surface area contributed by atoms with Crippen molar-refractivity contribution >= 4 is 22.8 Å². The molecule has 114 valence electrons. The van der Waals surface area contributed by atoms with Crippen LogP contribution < -0.4 is 0 Å². The Morgan fingerprint density at radius 3 is 2.86 bits per heavy atom. The van der Waals surface area contributed by atoms with Crippen LogP contribution in [0.15, 0.2) is 29.3 Å². The smallest absolute Gasteiger partial charge is 0.290 e. The average molecular weight is 316 g/mol. The van der Waals surface area contributed by atoms with Gasteiger partial charge in [0.25, 0.3) is 0 Å². The van der Waals surface area contributed by atoms with Crippen molar-refractivity contribution in [2.24, 2.45) is 4.99 Å². The fraction of sp³-hybridized carbons (Fsp3) is 0.429. The number of amides is 1. The predicted octanol–water partition coefficient (Wildman–Crippen LogP) is 3.55. The lowest BCUT2D eigenvalue weighted by molar-refractivity contribution is -0.137. The van der Waals surface area contributed by atoms with Crippen molar-refractivity contribution in [1.82, 2.24) is 4.90 Å². The maximum absolute atomic E-state index is 12.6. The van der Waals surface area contributed by atoms with Crippen molar-refractivity contribution < 1.29 is 18.0 Å². The van der Waals surface area contributed by atoms with Crippen LogP contribution in [0.5, 0.6) is 0 Å². The number of carbonyl (C=O) groups is 1. The molecule has 1 aliphatic rings. The van der Waals surface area contributed by atoms with E-state index >= 15 is 0 Å². The second-order valence-corrected chi connectivity index (χ2v) is 5.49. The van der Waals surface area contributed by atoms with Crippen LogP contribution in [0.2, 0.25) is 0 Å². The van der Waals surface area contributed by atoms with E-state index in [1.54, 1.807) is 17.9 Å². The van der Waals surface area contributed by atoms with Crippen molar-refractivity contribution in [3.8, 4) is 0 Å². The summed E-state index contributed by atoms with van der Waals surface area (Å²) in [5.74, 6) is 0.346. The minimum Gasteiger partial charge on any atom is -0.290 e. The molecule has 2 rings (SSSR count). The van der Waals surface area contributed by atoms with Crippen LogP contribution in [0, 0.1) is 0 Å². The Labute approximate surface area is 125 Å². The van der Waals surface area contributed by atoms with Crippen molar-refractivity contribution in [1.29, 1.82) is 0 Å². The summed E-state index contributed by atoms with van der Waals surface area (Å²) in [6.07, 6.45) is -3.95. The number of halogens is 3. The Morgan fingerprint density at radius 2 is 2.19 bits per heavy atom. The molecular weight excluding hydrogens is 301 g/mol. The Morgan fingerprint density at radius 1 is 1.43 bits per heavy atom. The fourth-order valence-corrected chi connectivity index (χ4v) is 2.96. The van der Waals surface area contributed by atoms with E-state index in [0.717, 1.165) is 12.1 Å². The fourth-order valence-electron chi connectivity index (χ4n) is 1.96. The quantitative estimate of drug-likeness (QED) is 0.854. The normalized spacial score (nSPS) is 15.2. The molecule has 1 heterocycles. The van der Waals surface area contributed by atoms with Gasteiger partial charge in [0.1, 0.15) is 0 Å². The molecule has 0 saturated carbocycles. The van der Waals surface area contributed by atoms with Crippen LogP contribution in [0.1, 0.15) is 24.5 Å². The van der Waals surface area contributed by atoms with Crippen LogP contribution in [0.4, 0.5) is 13.2 Å². The minimum absolute atomic E-state index is 0.0113. The molecule has 0 aromatic heterocycles. The average Bonchev–Trinajstić information content (AvgIpc) is 2.92. The van der Waals surface area contributed by atoms with E-state index in [2.05, 4.69) is 4.99 Å². The second kappa shape index (κ2) is 6.51. The highest BCUT2D eigenvalue weighted by atomic mass is 32.2. The third-order valence-corrected chi connectivity index (χ3v) is 4.11. The molecule has 1 amide bonds. The first kappa shape index (κ1) is 15.9. The van der Waals surface area contributed by atoms with Crippen molar-refractivity contribution in [2.45, 2.75) is 25.3 Å². The summed E-state index contributed by atoms with van der Waals surface area (Å²) in [7, 11) is 0. The number of aliphatic imine (C=N–C) groups is 1. The van der Waals surface area contributed by atoms with Crippen LogP contribution in [-0.2, 0) is 16.7 Å². The van der Waals surface area contributed by atoms with Gasteiger partial charge in [-0.2, -0.15) is 13.2 Å². The summed E-state index contributed by atoms with van der Waals surface area (Å²) in [5.41, 5.74) is -0.0937. The van der Waals surface area contributed by atoms with Crippen LogP contribution in [0.25, 0.3) is 0 Å². The number of carbonyl (C=O) groups excluding carboxylic acids is 1. The summed E-state index contributed by atoms with van der Waals surface area (Å²) in [6.45, 7) is 2.88. The molecule has 7 heteroatoms. The first-order valence-corrected chi connectivity index (χ1v) is 7.54. The van der Waals surface area contributed by atoms with Crippen LogP contribution in [-0.4, -0.2) is 29.1 Å². The van der Waals surface area contributed by atoms with Gasteiger partial charge in [-0.25, -0.2) is 0 Å². The zero-order chi connectivity index (χ0) is 15.5. The zero-order valence-corrected chi connectivity index (χ0v) is 12.3. The summed E-state index contributed by atoms with van der Waals surface area (Å²) < 4.78 is 37.9. The molecule has 0 spiro atoms. The predicted molar refractivity (Wildman–Crippen MR) is 77.0 cm³/mol. The Kier molecular flexibility index (Phi) is 4.92. The van der Waals surface area contributed by atoms with Crippen LogP contribution >= 0.6 is 11.8 Å². The maximum Gasteiger partial charge on any atom is 0.416 e. The van der Waals surface area contributed by atoms with Gasteiger partial charge < -0.3 is 0 Å². The van der Waals surface area contributed by atoms with Crippen molar-refractivity contribution in [3.63, 3.8) is 0 Å². The zero-order valence-electron chi connectivity index (χ0n) is 11.5. The highest BCUT2D eigenvalue weighted by Gasteiger charge is 2.30. The summed E-state index contributed by atoms with van der Waals surface area (Å²) in [6, 6.07) is 5.22. The van der Waals surface area contributed by atoms with Crippen LogP contribution in [0.3, 0.4) is 0 Å². The highest BCUT2D eigenvalue weighted by molar-refractivity contribution is 8.13. The van der Waals surface area contributed by atoms with E-state index in [9.17, 15) is 18.0 Å². The Bertz CT molecular complexity index is 557. The summed E-state index contributed by atoms with van der Waals surface area (Å²) >= 11 is 1.30. The molecule has 1 aromatic carbocycles. The Balaban J connectivity index is 2.02. The number of amidine groups is 1. The van der Waals surface area contributed by atoms with Gasteiger partial charge in [-0.05, 0) is 11.6 Å². The molecule has 0 atom stereocenters. The van der Waals surface area contributed by atoms with Crippen molar-refractivity contribution in [2.75, 3.05) is 13.1 Å². The van der Waals surface area contributed by atoms with E-state index in [1.165, 1.54) is 17.8 Å². The molecular formula is C14H15F3N2OS. The summed E-state index contributed by atoms with van der Waals surface area (Å²) in [5, 5.41) is 0.597. The lowest BCUT2D eigenvalue weighted by atomic mass is 10.1. The maximum atomic E-state index is 12.6. The SMILES string of the molecule is CCC(=O)N1CCN=C1SCc1cccc(C(F)(F)F)c1. The van der Waals surface area contributed by atoms with Gasteiger partial charge in [0.2, 0.25) is 5.91 Å². The molecule has 3 nitrogen and oxygen atoms in total. The largest absolute Gasteiger partial charge is 0.416 e. The third kappa shape index (κ3) is 4.00. The molecule has 0 unspecified atom stereocenters. The molecule has 1 aliphatic heterocycles. The monoisotopic (exact) mass is 316 g/mol. The second-order valence-electron chi connectivity index (χ2n) is 4.55. The van der Waals surface area contributed by atoms with Gasteiger partial charge in [-0.3, -0.25) is 14.7 Å². The molecule has 0 radical (unpaired) electrons. The van der Waals surface area contributed by atoms with E-state index in [1.807, 2.05) is 0 Å². The standard InChI is InChI=1S/C14H15F3N2OS/c1-2-12(20)19-7-6-18-13(19)21-9-10-4-3-5-11(8-10)14(15,16)17/h3-5,8H,2,6-7,9H2,1H3. The molecule has 0 saturated heterocycles. The van der Waals surface area contributed by atoms with Gasteiger partial charge in [0.15, 0.2) is 5.17 Å². The Hall–Kier alpha value is -1.50. The van der Waals surface area contributed by atoms with Gasteiger partial charge >= 0.3 is 6.18 Å². The number of rotatable bonds is 3. The van der Waals surface area contributed by atoms with Gasteiger partial charge in [0, 0.05) is 18.7 Å². The van der Waals surface area contributed by atoms with Gasteiger partial charge in [-0.15, -0.1) is 0 Å². The van der Waals surface area contributed by atoms with Gasteiger partial charge in [0.05, 0.1) is 12.1 Å². The first-order chi connectivity index (χ1) is 9.91. The van der Waals surface area contributed by atoms with E-state index in [0.29, 0.717) is 36.0 Å². The first-order valence-electron chi connectivity index (χ1n) is 6.55. The molecule has 1 aromatic rings. The molecule has 0 aliphatic carbocycles.